The van der Waals surface area contributed by atoms with Crippen LogP contribution in [0.15, 0.2) is 35.3 Å². The number of benzene rings is 2. The Bertz CT molecular complexity index is 1270. The number of carboxylic acid groups (broad SMARTS) is 1. The van der Waals surface area contributed by atoms with Crippen LogP contribution < -0.4 is 21.3 Å². The number of aromatic hydroxyl groups is 1. The number of phenols is 1. The van der Waals surface area contributed by atoms with Crippen LogP contribution in [0, 0.1) is 0 Å². The van der Waals surface area contributed by atoms with Crippen LogP contribution in [-0.4, -0.2) is 53.6 Å². The molecule has 0 aromatic heterocycles. The third kappa shape index (κ3) is 7.89. The van der Waals surface area contributed by atoms with Gasteiger partial charge in [-0.05, 0) is 36.8 Å². The molecule has 2 aromatic carbocycles. The van der Waals surface area contributed by atoms with Gasteiger partial charge in [0.2, 0.25) is 5.91 Å². The van der Waals surface area contributed by atoms with Crippen LogP contribution in [0.5, 0.6) is 5.75 Å². The van der Waals surface area contributed by atoms with Crippen molar-refractivity contribution >= 4 is 52.6 Å². The molecular formula is C23H22Cl2F3N5O5. The van der Waals surface area contributed by atoms with E-state index in [0.717, 1.165) is 12.5 Å². The minimum Gasteiger partial charge on any atom is -0.506 e. The van der Waals surface area contributed by atoms with Crippen molar-refractivity contribution in [2.75, 3.05) is 25.0 Å². The van der Waals surface area contributed by atoms with Gasteiger partial charge in [-0.15, -0.1) is 0 Å². The summed E-state index contributed by atoms with van der Waals surface area (Å²) < 4.78 is 40.3. The van der Waals surface area contributed by atoms with Crippen molar-refractivity contribution in [2.24, 2.45) is 4.99 Å². The molecule has 38 heavy (non-hydrogen) atoms. The number of phenolic OH excluding ortho intramolecular Hbond substituents is 1. The van der Waals surface area contributed by atoms with Gasteiger partial charge in [-0.2, -0.15) is 13.2 Å². The number of hydrogen-bond acceptors (Lipinski definition) is 7. The lowest BCUT2D eigenvalue weighted by Crippen LogP contribution is -2.39. The highest BCUT2D eigenvalue weighted by molar-refractivity contribution is 6.35. The lowest BCUT2D eigenvalue weighted by atomic mass is 10.0. The number of carboxylic acids is 1. The van der Waals surface area contributed by atoms with E-state index in [4.69, 9.17) is 23.2 Å². The van der Waals surface area contributed by atoms with Crippen LogP contribution in [0.25, 0.3) is 0 Å². The molecule has 15 heteroatoms. The van der Waals surface area contributed by atoms with Crippen molar-refractivity contribution in [2.45, 2.75) is 25.1 Å². The highest BCUT2D eigenvalue weighted by Crippen LogP contribution is 2.36. The van der Waals surface area contributed by atoms with Crippen molar-refractivity contribution < 1.29 is 37.8 Å². The minimum absolute atomic E-state index is 0.0441. The largest absolute Gasteiger partial charge is 0.506 e. The average molecular weight is 576 g/mol. The molecule has 2 amide bonds. The molecule has 2 aromatic rings. The maximum atomic E-state index is 13.4. The summed E-state index contributed by atoms with van der Waals surface area (Å²) in [6.45, 7) is 0.353. The lowest BCUT2D eigenvalue weighted by Gasteiger charge is -2.20. The van der Waals surface area contributed by atoms with Crippen molar-refractivity contribution in [3.63, 3.8) is 0 Å². The number of aliphatic carboxylic acids is 1. The van der Waals surface area contributed by atoms with Crippen molar-refractivity contribution in [1.82, 2.24) is 16.0 Å². The number of rotatable bonds is 8. The number of carbonyl (C=O) groups excluding carboxylic acids is 2. The van der Waals surface area contributed by atoms with Crippen molar-refractivity contribution in [3.8, 4) is 5.75 Å². The molecule has 0 fully saturated rings. The van der Waals surface area contributed by atoms with E-state index < -0.39 is 54.3 Å². The molecule has 1 aliphatic rings. The molecule has 10 nitrogen and oxygen atoms in total. The number of halogens is 5. The Balaban J connectivity index is 1.74. The number of carbonyl (C=O) groups is 3. The van der Waals surface area contributed by atoms with E-state index in [1.807, 2.05) is 0 Å². The molecule has 1 atom stereocenters. The zero-order valence-electron chi connectivity index (χ0n) is 19.5. The topological polar surface area (TPSA) is 152 Å². The van der Waals surface area contributed by atoms with E-state index in [2.05, 4.69) is 26.3 Å². The summed E-state index contributed by atoms with van der Waals surface area (Å²) >= 11 is 11.8. The van der Waals surface area contributed by atoms with Gasteiger partial charge in [-0.1, -0.05) is 23.2 Å². The molecule has 1 unspecified atom stereocenters. The zero-order valence-corrected chi connectivity index (χ0v) is 21.0. The molecule has 0 radical (unpaired) electrons. The maximum Gasteiger partial charge on any atom is 0.416 e. The van der Waals surface area contributed by atoms with E-state index >= 15 is 0 Å². The summed E-state index contributed by atoms with van der Waals surface area (Å²) in [4.78, 5) is 40.6. The first kappa shape index (κ1) is 28.9. The number of nitrogens with zero attached hydrogens (tertiary/aromatic N) is 1. The fourth-order valence-electron chi connectivity index (χ4n) is 3.52. The highest BCUT2D eigenvalue weighted by atomic mass is 35.5. The van der Waals surface area contributed by atoms with Gasteiger partial charge in [-0.25, -0.2) is 0 Å². The Hall–Kier alpha value is -3.71. The molecule has 1 heterocycles. The third-order valence-electron chi connectivity index (χ3n) is 5.24. The van der Waals surface area contributed by atoms with Crippen molar-refractivity contribution in [3.05, 3.63) is 57.1 Å². The smallest absolute Gasteiger partial charge is 0.416 e. The summed E-state index contributed by atoms with van der Waals surface area (Å²) in [5.41, 5.74) is -1.59. The van der Waals surface area contributed by atoms with E-state index in [0.29, 0.717) is 19.2 Å². The number of aliphatic imine (C=N–C) groups is 1. The van der Waals surface area contributed by atoms with Crippen molar-refractivity contribution in [1.29, 1.82) is 0 Å². The van der Waals surface area contributed by atoms with Crippen LogP contribution >= 0.6 is 23.2 Å². The first-order valence-electron chi connectivity index (χ1n) is 11.1. The minimum atomic E-state index is -4.75. The Morgan fingerprint density at radius 3 is 2.50 bits per heavy atom. The number of alkyl halides is 3. The van der Waals surface area contributed by atoms with Crippen LogP contribution in [0.3, 0.4) is 0 Å². The molecule has 0 spiro atoms. The lowest BCUT2D eigenvalue weighted by molar-refractivity contribution is -0.138. The Labute approximate surface area is 224 Å². The summed E-state index contributed by atoms with van der Waals surface area (Å²) in [6.07, 6.45) is -4.65. The summed E-state index contributed by atoms with van der Waals surface area (Å²) in [5, 5.41) is 29.5. The predicted molar refractivity (Wildman–Crippen MR) is 134 cm³/mol. The maximum absolute atomic E-state index is 13.4. The summed E-state index contributed by atoms with van der Waals surface area (Å²) in [5.74, 6) is -3.43. The van der Waals surface area contributed by atoms with Gasteiger partial charge in [0.1, 0.15) is 5.75 Å². The van der Waals surface area contributed by atoms with Gasteiger partial charge in [0.05, 0.1) is 29.6 Å². The van der Waals surface area contributed by atoms with Gasteiger partial charge < -0.3 is 31.5 Å². The first-order valence-corrected chi connectivity index (χ1v) is 11.8. The second kappa shape index (κ2) is 12.2. The molecule has 0 bridgehead atoms. The van der Waals surface area contributed by atoms with Gasteiger partial charge in [0.15, 0.2) is 5.96 Å². The SMILES string of the molecule is O=C(O)CC(NC(=O)CNC(=O)c1cc(NC2=NCCCN2)cc(C(F)(F)F)c1)c1cc(Cl)cc(Cl)c1O. The second-order valence-electron chi connectivity index (χ2n) is 8.16. The Morgan fingerprint density at radius 1 is 1.13 bits per heavy atom. The second-order valence-corrected chi connectivity index (χ2v) is 9.00. The number of guanidine groups is 1. The summed E-state index contributed by atoms with van der Waals surface area (Å²) in [6, 6.07) is 3.78. The highest BCUT2D eigenvalue weighted by Gasteiger charge is 2.32. The van der Waals surface area contributed by atoms with Gasteiger partial charge in [-0.3, -0.25) is 19.4 Å². The standard InChI is InChI=1S/C23H22Cl2F3N5O5/c24-13-7-15(20(37)16(25)8-13)17(9-19(35)36)33-18(34)10-31-21(38)11-4-12(23(26,27)28)6-14(5-11)32-22-29-2-1-3-30-22/h4-8,17,37H,1-3,9-10H2,(H,31,38)(H,33,34)(H,35,36)(H2,29,30,32). The van der Waals surface area contributed by atoms with Crippen LogP contribution in [0.2, 0.25) is 10.0 Å². The first-order chi connectivity index (χ1) is 17.8. The van der Waals surface area contributed by atoms with Crippen LogP contribution in [0.4, 0.5) is 18.9 Å². The van der Waals surface area contributed by atoms with Gasteiger partial charge in [0, 0.05) is 34.9 Å². The number of nitrogens with one attached hydrogen (secondary N) is 4. The van der Waals surface area contributed by atoms with E-state index in [1.165, 1.54) is 18.2 Å². The van der Waals surface area contributed by atoms with E-state index in [9.17, 15) is 37.8 Å². The van der Waals surface area contributed by atoms with Gasteiger partial charge in [0.25, 0.3) is 5.91 Å². The number of amides is 2. The fraction of sp³-hybridized carbons (Fsp3) is 0.304. The number of anilines is 1. The molecule has 204 valence electrons. The van der Waals surface area contributed by atoms with E-state index in [1.54, 1.807) is 0 Å². The third-order valence-corrected chi connectivity index (χ3v) is 5.75. The fourth-order valence-corrected chi connectivity index (χ4v) is 4.03. The molecule has 0 aliphatic carbocycles. The average Bonchev–Trinajstić information content (AvgIpc) is 2.84. The monoisotopic (exact) mass is 575 g/mol. The van der Waals surface area contributed by atoms with E-state index in [-0.39, 0.29) is 32.8 Å². The Kier molecular flexibility index (Phi) is 9.28. The molecule has 0 saturated carbocycles. The molecule has 6 N–H and O–H groups in total. The molecule has 1 aliphatic heterocycles. The quantitative estimate of drug-likeness (QED) is 0.281. The zero-order chi connectivity index (χ0) is 28.0. The van der Waals surface area contributed by atoms with Crippen LogP contribution in [-0.2, 0) is 15.8 Å². The predicted octanol–water partition coefficient (Wildman–Crippen LogP) is 3.54. The molecule has 0 saturated heterocycles. The normalized spacial score (nSPS) is 14.1. The Morgan fingerprint density at radius 2 is 1.87 bits per heavy atom. The summed E-state index contributed by atoms with van der Waals surface area (Å²) in [7, 11) is 0. The molecular weight excluding hydrogens is 554 g/mol. The van der Waals surface area contributed by atoms with Gasteiger partial charge >= 0.3 is 12.1 Å². The molecule has 3 rings (SSSR count). The van der Waals surface area contributed by atoms with Crippen LogP contribution in [0.1, 0.15) is 40.4 Å². The number of hydrogen-bond donors (Lipinski definition) is 6.